The van der Waals surface area contributed by atoms with Gasteiger partial charge in [-0.15, -0.1) is 12.4 Å². The predicted molar refractivity (Wildman–Crippen MR) is 47.4 cm³/mol. The van der Waals surface area contributed by atoms with Crippen molar-refractivity contribution in [2.24, 2.45) is 5.14 Å². The van der Waals surface area contributed by atoms with E-state index in [1.165, 1.54) is 12.1 Å². The first-order chi connectivity index (χ1) is 5.08. The second-order valence-electron chi connectivity index (χ2n) is 1.89. The highest BCUT2D eigenvalue weighted by Gasteiger charge is 2.02. The van der Waals surface area contributed by atoms with Crippen molar-refractivity contribution in [1.29, 1.82) is 0 Å². The van der Waals surface area contributed by atoms with E-state index in [-0.39, 0.29) is 18.2 Å². The lowest BCUT2D eigenvalue weighted by atomic mass is 10.3. The number of benzene rings is 1. The predicted octanol–water partition coefficient (Wildman–Crippen LogP) is 0.691. The average Bonchev–Trinajstić information content (AvgIpc) is 1.85. The van der Waals surface area contributed by atoms with Crippen LogP contribution in [0.1, 0.15) is 0 Å². The van der Waals surface area contributed by atoms with E-state index in [1.54, 1.807) is 18.2 Å². The van der Waals surface area contributed by atoms with Gasteiger partial charge < -0.3 is 4.18 Å². The van der Waals surface area contributed by atoms with Gasteiger partial charge in [-0.2, -0.15) is 13.6 Å². The maximum atomic E-state index is 10.4. The largest absolute Gasteiger partial charge is 0.380 e. The fourth-order valence-corrected chi connectivity index (χ4v) is 0.990. The van der Waals surface area contributed by atoms with Crippen molar-refractivity contribution in [1.82, 2.24) is 0 Å². The molecule has 0 atom stereocenters. The van der Waals surface area contributed by atoms with E-state index < -0.39 is 10.3 Å². The van der Waals surface area contributed by atoms with Gasteiger partial charge in [0.2, 0.25) is 0 Å². The molecule has 4 nitrogen and oxygen atoms in total. The average molecular weight is 210 g/mol. The van der Waals surface area contributed by atoms with Crippen molar-refractivity contribution in [3.8, 4) is 5.75 Å². The number of rotatable bonds is 2. The molecule has 1 aromatic carbocycles. The summed E-state index contributed by atoms with van der Waals surface area (Å²) >= 11 is 0. The van der Waals surface area contributed by atoms with Gasteiger partial charge in [0.05, 0.1) is 0 Å². The first kappa shape index (κ1) is 11.2. The summed E-state index contributed by atoms with van der Waals surface area (Å²) < 4.78 is 25.1. The summed E-state index contributed by atoms with van der Waals surface area (Å²) in [6.07, 6.45) is 0. The minimum atomic E-state index is -3.88. The molecule has 0 aliphatic rings. The van der Waals surface area contributed by atoms with Crippen LogP contribution in [0.4, 0.5) is 0 Å². The summed E-state index contributed by atoms with van der Waals surface area (Å²) in [6, 6.07) is 8.06. The van der Waals surface area contributed by atoms with Crippen molar-refractivity contribution in [2.75, 3.05) is 0 Å². The van der Waals surface area contributed by atoms with Crippen LogP contribution in [-0.2, 0) is 10.3 Å². The molecule has 0 spiro atoms. The third-order valence-electron chi connectivity index (χ3n) is 0.956. The summed E-state index contributed by atoms with van der Waals surface area (Å²) in [4.78, 5) is 0. The molecule has 1 rings (SSSR count). The standard InChI is InChI=1S/C6H7NO3S.ClH/c7-11(8,9)10-6-4-2-1-3-5-6;/h1-5H,(H2,7,8,9);1H. The quantitative estimate of drug-likeness (QED) is 0.779. The van der Waals surface area contributed by atoms with E-state index in [4.69, 9.17) is 0 Å². The fraction of sp³-hybridized carbons (Fsp3) is 0. The molecule has 0 saturated heterocycles. The lowest BCUT2D eigenvalue weighted by Gasteiger charge is -1.99. The smallest absolute Gasteiger partial charge is 0.371 e. The minimum Gasteiger partial charge on any atom is -0.371 e. The van der Waals surface area contributed by atoms with Gasteiger partial charge in [0.25, 0.3) is 0 Å². The molecule has 0 aliphatic carbocycles. The van der Waals surface area contributed by atoms with Crippen LogP contribution in [0.2, 0.25) is 0 Å². The number of hydrogen-bond donors (Lipinski definition) is 1. The first-order valence-corrected chi connectivity index (χ1v) is 4.32. The molecule has 12 heavy (non-hydrogen) atoms. The molecule has 68 valence electrons. The molecule has 0 fully saturated rings. The van der Waals surface area contributed by atoms with Gasteiger partial charge in [-0.25, -0.2) is 0 Å². The van der Waals surface area contributed by atoms with E-state index >= 15 is 0 Å². The molecule has 0 heterocycles. The molecule has 0 aliphatic heterocycles. The Balaban J connectivity index is 0.00000121. The van der Waals surface area contributed by atoms with E-state index in [9.17, 15) is 8.42 Å². The number of halogens is 1. The summed E-state index contributed by atoms with van der Waals surface area (Å²) in [7, 11) is -3.88. The lowest BCUT2D eigenvalue weighted by Crippen LogP contribution is -2.18. The van der Waals surface area contributed by atoms with Crippen LogP contribution in [0, 0.1) is 0 Å². The zero-order chi connectivity index (χ0) is 8.32. The Hall–Kier alpha value is -0.780. The highest BCUT2D eigenvalue weighted by molar-refractivity contribution is 7.84. The molecular weight excluding hydrogens is 202 g/mol. The number of nitrogens with two attached hydrogens (primary N) is 1. The molecule has 0 bridgehead atoms. The van der Waals surface area contributed by atoms with Gasteiger partial charge in [-0.3, -0.25) is 0 Å². The third kappa shape index (κ3) is 4.17. The van der Waals surface area contributed by atoms with Gasteiger partial charge in [0, 0.05) is 0 Å². The van der Waals surface area contributed by atoms with Gasteiger partial charge >= 0.3 is 10.3 Å². The Labute approximate surface area is 77.0 Å². The summed E-state index contributed by atoms with van der Waals surface area (Å²) in [5.41, 5.74) is 0. The molecule has 0 unspecified atom stereocenters. The Kier molecular flexibility index (Phi) is 4.02. The Morgan fingerprint density at radius 3 is 2.08 bits per heavy atom. The van der Waals surface area contributed by atoms with Gasteiger partial charge in [-0.1, -0.05) is 18.2 Å². The second-order valence-corrected chi connectivity index (χ2v) is 3.04. The highest BCUT2D eigenvalue weighted by atomic mass is 35.5. The van der Waals surface area contributed by atoms with Crippen molar-refractivity contribution in [3.63, 3.8) is 0 Å². The minimum absolute atomic E-state index is 0. The van der Waals surface area contributed by atoms with Crippen molar-refractivity contribution in [2.45, 2.75) is 0 Å². The molecule has 2 N–H and O–H groups in total. The molecule has 1 aromatic rings. The van der Waals surface area contributed by atoms with E-state index in [2.05, 4.69) is 9.32 Å². The van der Waals surface area contributed by atoms with E-state index in [0.29, 0.717) is 0 Å². The number of hydrogen-bond acceptors (Lipinski definition) is 3. The summed E-state index contributed by atoms with van der Waals surface area (Å²) in [5.74, 6) is 0.218. The fourth-order valence-electron chi connectivity index (χ4n) is 0.610. The molecule has 0 amide bonds. The van der Waals surface area contributed by atoms with Crippen molar-refractivity contribution < 1.29 is 12.6 Å². The molecule has 6 heteroatoms. The summed E-state index contributed by atoms with van der Waals surface area (Å²) in [5, 5.41) is 4.62. The van der Waals surface area contributed by atoms with Crippen molar-refractivity contribution in [3.05, 3.63) is 30.3 Å². The van der Waals surface area contributed by atoms with Crippen LogP contribution >= 0.6 is 12.4 Å². The zero-order valence-electron chi connectivity index (χ0n) is 6.01. The SMILES string of the molecule is Cl.NS(=O)(=O)Oc1ccccc1. The monoisotopic (exact) mass is 209 g/mol. The molecule has 0 aromatic heterocycles. The van der Waals surface area contributed by atoms with E-state index in [0.717, 1.165) is 0 Å². The Bertz CT molecular complexity index is 324. The van der Waals surface area contributed by atoms with Gasteiger partial charge in [0.15, 0.2) is 0 Å². The third-order valence-corrected chi connectivity index (χ3v) is 1.38. The normalized spacial score (nSPS) is 10.1. The van der Waals surface area contributed by atoms with E-state index in [1.807, 2.05) is 0 Å². The van der Waals surface area contributed by atoms with Crippen LogP contribution < -0.4 is 9.32 Å². The van der Waals surface area contributed by atoms with Crippen LogP contribution in [0.3, 0.4) is 0 Å². The summed E-state index contributed by atoms with van der Waals surface area (Å²) in [6.45, 7) is 0. The Morgan fingerprint density at radius 1 is 1.17 bits per heavy atom. The van der Waals surface area contributed by atoms with Crippen LogP contribution in [0.15, 0.2) is 30.3 Å². The number of para-hydroxylation sites is 1. The van der Waals surface area contributed by atoms with Crippen molar-refractivity contribution >= 4 is 22.7 Å². The maximum absolute atomic E-state index is 10.4. The van der Waals surface area contributed by atoms with Gasteiger partial charge in [0.1, 0.15) is 5.75 Å². The van der Waals surface area contributed by atoms with Crippen LogP contribution in [-0.4, -0.2) is 8.42 Å². The van der Waals surface area contributed by atoms with Gasteiger partial charge in [-0.05, 0) is 12.1 Å². The second kappa shape index (κ2) is 4.30. The van der Waals surface area contributed by atoms with Crippen LogP contribution in [0.5, 0.6) is 5.75 Å². The molecular formula is C6H8ClNO3S. The van der Waals surface area contributed by atoms with Crippen LogP contribution in [0.25, 0.3) is 0 Å². The Morgan fingerprint density at radius 2 is 1.67 bits per heavy atom. The maximum Gasteiger partial charge on any atom is 0.380 e. The molecule has 0 saturated carbocycles. The zero-order valence-corrected chi connectivity index (χ0v) is 7.64. The highest BCUT2D eigenvalue weighted by Crippen LogP contribution is 2.09. The first-order valence-electron chi connectivity index (χ1n) is 2.85. The topological polar surface area (TPSA) is 69.4 Å². The molecule has 0 radical (unpaired) electrons. The lowest BCUT2D eigenvalue weighted by molar-refractivity contribution is 0.488.